The lowest BCUT2D eigenvalue weighted by molar-refractivity contribution is 0.0980. The Bertz CT molecular complexity index is 1170. The SMILES string of the molecule is CCCOc1ccccc1-c1ccc(C(=O)NS(=O)(=O)c2ccc(Br)cc2)c(CC)c1. The van der Waals surface area contributed by atoms with Gasteiger partial charge in [-0.15, -0.1) is 0 Å². The van der Waals surface area contributed by atoms with Crippen LogP contribution in [0.3, 0.4) is 0 Å². The number of halogens is 1. The van der Waals surface area contributed by atoms with Gasteiger partial charge in [0, 0.05) is 15.6 Å². The van der Waals surface area contributed by atoms with Crippen molar-refractivity contribution < 1.29 is 17.9 Å². The molecule has 3 aromatic rings. The van der Waals surface area contributed by atoms with Gasteiger partial charge in [0.1, 0.15) is 5.75 Å². The summed E-state index contributed by atoms with van der Waals surface area (Å²) >= 11 is 3.27. The Hall–Kier alpha value is -2.64. The van der Waals surface area contributed by atoms with Crippen LogP contribution in [0.15, 0.2) is 76.1 Å². The maximum atomic E-state index is 12.8. The molecule has 0 aliphatic carbocycles. The Morgan fingerprint density at radius 2 is 1.71 bits per heavy atom. The monoisotopic (exact) mass is 501 g/mol. The van der Waals surface area contributed by atoms with Crippen LogP contribution in [0.25, 0.3) is 11.1 Å². The zero-order valence-electron chi connectivity index (χ0n) is 17.4. The van der Waals surface area contributed by atoms with Crippen LogP contribution in [0.5, 0.6) is 5.75 Å². The van der Waals surface area contributed by atoms with Gasteiger partial charge >= 0.3 is 0 Å². The van der Waals surface area contributed by atoms with Crippen molar-refractivity contribution in [1.82, 2.24) is 4.72 Å². The predicted molar refractivity (Wildman–Crippen MR) is 126 cm³/mol. The quantitative estimate of drug-likeness (QED) is 0.436. The topological polar surface area (TPSA) is 72.5 Å². The van der Waals surface area contributed by atoms with Crippen molar-refractivity contribution in [2.45, 2.75) is 31.6 Å². The van der Waals surface area contributed by atoms with Crippen LogP contribution in [-0.2, 0) is 16.4 Å². The molecule has 3 aromatic carbocycles. The number of carbonyl (C=O) groups excluding carboxylic acids is 1. The average molecular weight is 502 g/mol. The molecule has 3 rings (SSSR count). The predicted octanol–water partition coefficient (Wildman–Crippen LogP) is 5.59. The molecular formula is C24H24BrNO4S. The van der Waals surface area contributed by atoms with E-state index in [0.29, 0.717) is 18.6 Å². The first kappa shape index (κ1) is 23.0. The summed E-state index contributed by atoms with van der Waals surface area (Å²) < 4.78 is 34.0. The molecular weight excluding hydrogens is 478 g/mol. The summed E-state index contributed by atoms with van der Waals surface area (Å²) in [6, 6.07) is 19.2. The van der Waals surface area contributed by atoms with Gasteiger partial charge in [-0.05, 0) is 60.4 Å². The number of ether oxygens (including phenoxy) is 1. The molecule has 0 spiro atoms. The van der Waals surface area contributed by atoms with Gasteiger partial charge in [-0.3, -0.25) is 4.79 Å². The Morgan fingerprint density at radius 1 is 1.00 bits per heavy atom. The second kappa shape index (κ2) is 10.1. The van der Waals surface area contributed by atoms with Gasteiger partial charge in [-0.25, -0.2) is 13.1 Å². The molecule has 31 heavy (non-hydrogen) atoms. The van der Waals surface area contributed by atoms with E-state index >= 15 is 0 Å². The van der Waals surface area contributed by atoms with E-state index < -0.39 is 15.9 Å². The molecule has 0 saturated heterocycles. The summed E-state index contributed by atoms with van der Waals surface area (Å²) in [5.74, 6) is 0.128. The zero-order valence-corrected chi connectivity index (χ0v) is 19.8. The molecule has 0 atom stereocenters. The first-order valence-electron chi connectivity index (χ1n) is 10.0. The van der Waals surface area contributed by atoms with E-state index in [1.165, 1.54) is 12.1 Å². The van der Waals surface area contributed by atoms with E-state index in [1.54, 1.807) is 18.2 Å². The molecule has 0 bridgehead atoms. The van der Waals surface area contributed by atoms with E-state index in [1.807, 2.05) is 50.2 Å². The number of para-hydroxylation sites is 1. The third-order valence-electron chi connectivity index (χ3n) is 4.74. The lowest BCUT2D eigenvalue weighted by atomic mass is 9.97. The molecule has 5 nitrogen and oxygen atoms in total. The number of amides is 1. The second-order valence-electron chi connectivity index (χ2n) is 6.96. The van der Waals surface area contributed by atoms with Crippen molar-refractivity contribution in [1.29, 1.82) is 0 Å². The van der Waals surface area contributed by atoms with Crippen LogP contribution in [0.2, 0.25) is 0 Å². The van der Waals surface area contributed by atoms with Gasteiger partial charge in [0.25, 0.3) is 15.9 Å². The van der Waals surface area contributed by atoms with Gasteiger partial charge in [-0.1, -0.05) is 60.1 Å². The fraction of sp³-hybridized carbons (Fsp3) is 0.208. The molecule has 0 heterocycles. The normalized spacial score (nSPS) is 11.2. The minimum atomic E-state index is -3.97. The van der Waals surface area contributed by atoms with Crippen LogP contribution < -0.4 is 9.46 Å². The largest absolute Gasteiger partial charge is 0.493 e. The van der Waals surface area contributed by atoms with E-state index in [4.69, 9.17) is 4.74 Å². The zero-order chi connectivity index (χ0) is 22.4. The number of aryl methyl sites for hydroxylation is 1. The first-order chi connectivity index (χ1) is 14.9. The van der Waals surface area contributed by atoms with Gasteiger partial charge in [0.05, 0.1) is 11.5 Å². The maximum Gasteiger partial charge on any atom is 0.265 e. The van der Waals surface area contributed by atoms with Crippen molar-refractivity contribution in [2.24, 2.45) is 0 Å². The van der Waals surface area contributed by atoms with Crippen molar-refractivity contribution in [2.75, 3.05) is 6.61 Å². The van der Waals surface area contributed by atoms with Crippen molar-refractivity contribution in [3.63, 3.8) is 0 Å². The number of rotatable bonds is 8. The van der Waals surface area contributed by atoms with E-state index in [0.717, 1.165) is 33.3 Å². The number of nitrogens with one attached hydrogen (secondary N) is 1. The number of carbonyl (C=O) groups is 1. The minimum absolute atomic E-state index is 0.0284. The molecule has 1 N–H and O–H groups in total. The molecule has 0 unspecified atom stereocenters. The molecule has 0 saturated carbocycles. The van der Waals surface area contributed by atoms with Crippen LogP contribution in [0.1, 0.15) is 36.2 Å². The average Bonchev–Trinajstić information content (AvgIpc) is 2.77. The van der Waals surface area contributed by atoms with Gasteiger partial charge in [-0.2, -0.15) is 0 Å². The third-order valence-corrected chi connectivity index (χ3v) is 6.62. The van der Waals surface area contributed by atoms with Gasteiger partial charge < -0.3 is 4.74 Å². The van der Waals surface area contributed by atoms with Crippen LogP contribution in [-0.4, -0.2) is 20.9 Å². The Labute approximate surface area is 191 Å². The summed E-state index contributed by atoms with van der Waals surface area (Å²) in [6.07, 6.45) is 1.48. The minimum Gasteiger partial charge on any atom is -0.493 e. The van der Waals surface area contributed by atoms with E-state index in [-0.39, 0.29) is 4.90 Å². The molecule has 1 amide bonds. The van der Waals surface area contributed by atoms with Gasteiger partial charge in [0.15, 0.2) is 0 Å². The van der Waals surface area contributed by atoms with Crippen molar-refractivity contribution >= 4 is 31.9 Å². The number of hydrogen-bond donors (Lipinski definition) is 1. The molecule has 0 fully saturated rings. The third kappa shape index (κ3) is 5.54. The number of benzene rings is 3. The summed E-state index contributed by atoms with van der Waals surface area (Å²) in [4.78, 5) is 12.8. The fourth-order valence-corrected chi connectivity index (χ4v) is 4.40. The summed E-state index contributed by atoms with van der Waals surface area (Å²) in [5.41, 5.74) is 2.93. The molecule has 7 heteroatoms. The molecule has 162 valence electrons. The first-order valence-corrected chi connectivity index (χ1v) is 12.3. The fourth-order valence-electron chi connectivity index (χ4n) is 3.17. The van der Waals surface area contributed by atoms with Crippen LogP contribution in [0.4, 0.5) is 0 Å². The van der Waals surface area contributed by atoms with Crippen LogP contribution in [0, 0.1) is 0 Å². The highest BCUT2D eigenvalue weighted by atomic mass is 79.9. The molecule has 0 aromatic heterocycles. The maximum absolute atomic E-state index is 12.8. The summed E-state index contributed by atoms with van der Waals surface area (Å²) in [7, 11) is -3.97. The highest BCUT2D eigenvalue weighted by Crippen LogP contribution is 2.31. The Morgan fingerprint density at radius 3 is 2.39 bits per heavy atom. The lowest BCUT2D eigenvalue weighted by Gasteiger charge is -2.14. The highest BCUT2D eigenvalue weighted by Gasteiger charge is 2.21. The Kier molecular flexibility index (Phi) is 7.51. The number of sulfonamides is 1. The molecule has 0 radical (unpaired) electrons. The lowest BCUT2D eigenvalue weighted by Crippen LogP contribution is -2.31. The van der Waals surface area contributed by atoms with E-state index in [9.17, 15) is 13.2 Å². The van der Waals surface area contributed by atoms with Gasteiger partial charge in [0.2, 0.25) is 0 Å². The highest BCUT2D eigenvalue weighted by molar-refractivity contribution is 9.10. The molecule has 0 aliphatic rings. The van der Waals surface area contributed by atoms with Crippen molar-refractivity contribution in [3.05, 3.63) is 82.3 Å². The number of hydrogen-bond acceptors (Lipinski definition) is 4. The molecule has 0 aliphatic heterocycles. The summed E-state index contributed by atoms with van der Waals surface area (Å²) in [6.45, 7) is 4.60. The summed E-state index contributed by atoms with van der Waals surface area (Å²) in [5, 5.41) is 0. The standard InChI is InChI=1S/C24H24BrNO4S/c1-3-15-30-23-8-6-5-7-21(23)18-9-14-22(17(4-2)16-18)24(27)26-31(28,29)20-12-10-19(25)11-13-20/h5-14,16H,3-4,15H2,1-2H3,(H,26,27). The Balaban J connectivity index is 1.90. The van der Waals surface area contributed by atoms with Crippen molar-refractivity contribution in [3.8, 4) is 16.9 Å². The van der Waals surface area contributed by atoms with E-state index in [2.05, 4.69) is 20.7 Å². The second-order valence-corrected chi connectivity index (χ2v) is 9.56. The van der Waals surface area contributed by atoms with Crippen LogP contribution >= 0.6 is 15.9 Å². The smallest absolute Gasteiger partial charge is 0.265 e.